The fourth-order valence-corrected chi connectivity index (χ4v) is 3.17. The van der Waals surface area contributed by atoms with E-state index in [4.69, 9.17) is 4.74 Å². The predicted octanol–water partition coefficient (Wildman–Crippen LogP) is 2.76. The molecule has 0 spiro atoms. The second kappa shape index (κ2) is 5.45. The fraction of sp³-hybridized carbons (Fsp3) is 0.462. The highest BCUT2D eigenvalue weighted by Gasteiger charge is 2.34. The predicted molar refractivity (Wildman–Crippen MR) is 70.3 cm³/mol. The van der Waals surface area contributed by atoms with E-state index >= 15 is 0 Å². The Bertz CT molecular complexity index is 408. The van der Waals surface area contributed by atoms with Gasteiger partial charge in [-0.1, -0.05) is 24.3 Å². The maximum Gasteiger partial charge on any atom is 0.407 e. The maximum atomic E-state index is 11.5. The highest BCUT2D eigenvalue weighted by atomic mass is 32.2. The van der Waals surface area contributed by atoms with Gasteiger partial charge in [0.15, 0.2) is 0 Å². The molecule has 0 fully saturated rings. The number of amides is 1. The van der Waals surface area contributed by atoms with Crippen molar-refractivity contribution in [1.82, 2.24) is 5.32 Å². The van der Waals surface area contributed by atoms with Gasteiger partial charge in [-0.3, -0.25) is 0 Å². The van der Waals surface area contributed by atoms with Crippen LogP contribution in [0.4, 0.5) is 4.79 Å². The van der Waals surface area contributed by atoms with Gasteiger partial charge in [0.25, 0.3) is 0 Å². The van der Waals surface area contributed by atoms with Gasteiger partial charge in [0, 0.05) is 13.0 Å². The van der Waals surface area contributed by atoms with Crippen LogP contribution in [0.1, 0.15) is 23.3 Å². The number of rotatable bonds is 3. The standard InChI is InChI=1S/C13H17NO2S/c1-3-14-13(15)16-11-8-9-6-4-5-7-10(9)12(11)17-2/h4-7,11-12H,3,8H2,1-2H3,(H,14,15)/t11-,12-/m1/s1. The lowest BCUT2D eigenvalue weighted by molar-refractivity contribution is 0.102. The first-order valence-electron chi connectivity index (χ1n) is 5.81. The zero-order valence-corrected chi connectivity index (χ0v) is 10.9. The first kappa shape index (κ1) is 12.3. The van der Waals surface area contributed by atoms with Gasteiger partial charge in [-0.25, -0.2) is 4.79 Å². The molecule has 2 atom stereocenters. The molecule has 0 aliphatic heterocycles. The van der Waals surface area contributed by atoms with Crippen LogP contribution in [0.2, 0.25) is 0 Å². The van der Waals surface area contributed by atoms with Crippen molar-refractivity contribution < 1.29 is 9.53 Å². The topological polar surface area (TPSA) is 38.3 Å². The lowest BCUT2D eigenvalue weighted by atomic mass is 10.1. The molecule has 0 saturated heterocycles. The second-order valence-electron chi connectivity index (χ2n) is 4.03. The van der Waals surface area contributed by atoms with Crippen LogP contribution in [0.3, 0.4) is 0 Å². The van der Waals surface area contributed by atoms with Gasteiger partial charge < -0.3 is 10.1 Å². The molecule has 1 aliphatic carbocycles. The molecular formula is C13H17NO2S. The van der Waals surface area contributed by atoms with Crippen molar-refractivity contribution >= 4 is 17.9 Å². The summed E-state index contributed by atoms with van der Waals surface area (Å²) >= 11 is 1.74. The van der Waals surface area contributed by atoms with Crippen molar-refractivity contribution in [1.29, 1.82) is 0 Å². The number of thioether (sulfide) groups is 1. The van der Waals surface area contributed by atoms with Crippen molar-refractivity contribution in [3.8, 4) is 0 Å². The lowest BCUT2D eigenvalue weighted by Crippen LogP contribution is -2.30. The molecule has 4 heteroatoms. The Hall–Kier alpha value is -1.16. The van der Waals surface area contributed by atoms with E-state index in [9.17, 15) is 4.79 Å². The SMILES string of the molecule is CCNC(=O)O[C@@H]1Cc2ccccc2[C@H]1SC. The number of fused-ring (bicyclic) bond motifs is 1. The van der Waals surface area contributed by atoms with E-state index in [-0.39, 0.29) is 17.4 Å². The van der Waals surface area contributed by atoms with E-state index in [0.717, 1.165) is 6.42 Å². The summed E-state index contributed by atoms with van der Waals surface area (Å²) in [6, 6.07) is 8.30. The Kier molecular flexibility index (Phi) is 3.94. The molecule has 0 aromatic heterocycles. The highest BCUT2D eigenvalue weighted by molar-refractivity contribution is 7.98. The van der Waals surface area contributed by atoms with Gasteiger partial charge in [0.2, 0.25) is 0 Å². The van der Waals surface area contributed by atoms with E-state index in [0.29, 0.717) is 6.54 Å². The molecule has 3 nitrogen and oxygen atoms in total. The van der Waals surface area contributed by atoms with E-state index in [1.165, 1.54) is 11.1 Å². The van der Waals surface area contributed by atoms with E-state index in [1.807, 2.05) is 19.1 Å². The van der Waals surface area contributed by atoms with Crippen LogP contribution in [0.15, 0.2) is 24.3 Å². The number of hydrogen-bond acceptors (Lipinski definition) is 3. The van der Waals surface area contributed by atoms with Crippen LogP contribution in [0.5, 0.6) is 0 Å². The minimum Gasteiger partial charge on any atom is -0.444 e. The Morgan fingerprint density at radius 1 is 1.53 bits per heavy atom. The molecule has 1 N–H and O–H groups in total. The van der Waals surface area contributed by atoms with E-state index < -0.39 is 0 Å². The van der Waals surface area contributed by atoms with Gasteiger partial charge in [-0.2, -0.15) is 11.8 Å². The molecule has 1 aromatic carbocycles. The van der Waals surface area contributed by atoms with Gasteiger partial charge in [-0.15, -0.1) is 0 Å². The number of hydrogen-bond donors (Lipinski definition) is 1. The van der Waals surface area contributed by atoms with Crippen LogP contribution < -0.4 is 5.32 Å². The van der Waals surface area contributed by atoms with Gasteiger partial charge in [0.05, 0.1) is 5.25 Å². The number of alkyl carbamates (subject to hydrolysis) is 1. The zero-order valence-electron chi connectivity index (χ0n) is 10.1. The summed E-state index contributed by atoms with van der Waals surface area (Å²) in [4.78, 5) is 11.5. The minimum absolute atomic E-state index is 0.0473. The number of benzene rings is 1. The van der Waals surface area contributed by atoms with Crippen molar-refractivity contribution in [3.05, 3.63) is 35.4 Å². The summed E-state index contributed by atoms with van der Waals surface area (Å²) in [5, 5.41) is 2.93. The number of carbonyl (C=O) groups is 1. The lowest BCUT2D eigenvalue weighted by Gasteiger charge is -2.19. The van der Waals surface area contributed by atoms with Crippen LogP contribution in [-0.4, -0.2) is 25.0 Å². The molecule has 1 amide bonds. The summed E-state index contributed by atoms with van der Waals surface area (Å²) < 4.78 is 5.47. The third-order valence-corrected chi connectivity index (χ3v) is 4.02. The first-order valence-corrected chi connectivity index (χ1v) is 7.10. The Labute approximate surface area is 106 Å². The first-order chi connectivity index (χ1) is 8.26. The van der Waals surface area contributed by atoms with E-state index in [2.05, 4.69) is 23.7 Å². The third kappa shape index (κ3) is 2.57. The van der Waals surface area contributed by atoms with Crippen molar-refractivity contribution in [2.24, 2.45) is 0 Å². The summed E-state index contributed by atoms with van der Waals surface area (Å²) in [5.74, 6) is 0. The quantitative estimate of drug-likeness (QED) is 0.897. The summed E-state index contributed by atoms with van der Waals surface area (Å²) in [6.07, 6.45) is 2.51. The average molecular weight is 251 g/mol. The summed E-state index contributed by atoms with van der Waals surface area (Å²) in [6.45, 7) is 2.49. The summed E-state index contributed by atoms with van der Waals surface area (Å²) in [5.41, 5.74) is 2.59. The molecule has 1 aliphatic rings. The molecule has 17 heavy (non-hydrogen) atoms. The molecular weight excluding hydrogens is 234 g/mol. The fourth-order valence-electron chi connectivity index (χ4n) is 2.23. The summed E-state index contributed by atoms with van der Waals surface area (Å²) in [7, 11) is 0. The van der Waals surface area contributed by atoms with Crippen molar-refractivity contribution in [2.75, 3.05) is 12.8 Å². The van der Waals surface area contributed by atoms with Gasteiger partial charge in [-0.05, 0) is 24.3 Å². The molecule has 0 bridgehead atoms. The normalized spacial score (nSPS) is 22.0. The number of nitrogens with one attached hydrogen (secondary N) is 1. The highest BCUT2D eigenvalue weighted by Crippen LogP contribution is 2.41. The van der Waals surface area contributed by atoms with Crippen LogP contribution in [0, 0.1) is 0 Å². The van der Waals surface area contributed by atoms with Gasteiger partial charge >= 0.3 is 6.09 Å². The van der Waals surface area contributed by atoms with Crippen molar-refractivity contribution in [2.45, 2.75) is 24.7 Å². The maximum absolute atomic E-state index is 11.5. The number of carbonyl (C=O) groups excluding carboxylic acids is 1. The zero-order chi connectivity index (χ0) is 12.3. The average Bonchev–Trinajstić information content (AvgIpc) is 2.66. The molecule has 0 saturated carbocycles. The molecule has 1 aromatic rings. The molecule has 2 rings (SSSR count). The second-order valence-corrected chi connectivity index (χ2v) is 5.01. The van der Waals surface area contributed by atoms with E-state index in [1.54, 1.807) is 11.8 Å². The largest absolute Gasteiger partial charge is 0.444 e. The molecule has 0 radical (unpaired) electrons. The minimum atomic E-state index is -0.315. The van der Waals surface area contributed by atoms with Crippen molar-refractivity contribution in [3.63, 3.8) is 0 Å². The molecule has 0 unspecified atom stereocenters. The van der Waals surface area contributed by atoms with Crippen LogP contribution in [-0.2, 0) is 11.2 Å². The smallest absolute Gasteiger partial charge is 0.407 e. The van der Waals surface area contributed by atoms with Gasteiger partial charge in [0.1, 0.15) is 6.10 Å². The Balaban J connectivity index is 2.09. The molecule has 0 heterocycles. The van der Waals surface area contributed by atoms with Crippen LogP contribution in [0.25, 0.3) is 0 Å². The monoisotopic (exact) mass is 251 g/mol. The Morgan fingerprint density at radius 3 is 3.00 bits per heavy atom. The number of ether oxygens (including phenoxy) is 1. The molecule has 92 valence electrons. The third-order valence-electron chi connectivity index (χ3n) is 2.95. The Morgan fingerprint density at radius 2 is 2.29 bits per heavy atom. The van der Waals surface area contributed by atoms with Crippen LogP contribution >= 0.6 is 11.8 Å².